The van der Waals surface area contributed by atoms with Crippen LogP contribution in [-0.4, -0.2) is 31.1 Å². The highest BCUT2D eigenvalue weighted by atomic mass is 35.5. The van der Waals surface area contributed by atoms with E-state index in [-0.39, 0.29) is 0 Å². The van der Waals surface area contributed by atoms with Crippen molar-refractivity contribution in [3.05, 3.63) is 107 Å². The summed E-state index contributed by atoms with van der Waals surface area (Å²) in [5.74, 6) is 0.862. The molecule has 0 unspecified atom stereocenters. The fourth-order valence-electron chi connectivity index (χ4n) is 3.09. The number of ether oxygens (including phenoxy) is 1. The second-order valence-electron chi connectivity index (χ2n) is 6.86. The summed E-state index contributed by atoms with van der Waals surface area (Å²) in [6.07, 6.45) is 7.80. The third-order valence-electron chi connectivity index (χ3n) is 4.88. The fraction of sp³-hybridized carbons (Fsp3) is 0.259. The maximum Gasteiger partial charge on any atom is 0.119 e. The number of likely N-dealkylation sites (N-methyl/N-ethyl adjacent to an activating group) is 1. The Bertz CT molecular complexity index is 875. The van der Waals surface area contributed by atoms with Crippen molar-refractivity contribution in [2.75, 3.05) is 26.2 Å². The van der Waals surface area contributed by atoms with Crippen LogP contribution in [0.5, 0.6) is 5.75 Å². The molecule has 0 amide bonds. The zero-order chi connectivity index (χ0) is 21.8. The molecule has 2 aromatic rings. The first-order chi connectivity index (χ1) is 14.6. The van der Waals surface area contributed by atoms with Gasteiger partial charge in [-0.3, -0.25) is 0 Å². The lowest BCUT2D eigenvalue weighted by Crippen LogP contribution is -2.27. The van der Waals surface area contributed by atoms with E-state index in [2.05, 4.69) is 49.6 Å². The predicted octanol–water partition coefficient (Wildman–Crippen LogP) is 7.09. The van der Waals surface area contributed by atoms with Gasteiger partial charge in [-0.05, 0) is 48.8 Å². The van der Waals surface area contributed by atoms with Crippen molar-refractivity contribution in [3.8, 4) is 5.75 Å². The molecule has 0 saturated carbocycles. The van der Waals surface area contributed by atoms with E-state index in [0.29, 0.717) is 11.6 Å². The van der Waals surface area contributed by atoms with Gasteiger partial charge in [0, 0.05) is 12.1 Å². The molecule has 0 radical (unpaired) electrons. The van der Waals surface area contributed by atoms with Gasteiger partial charge in [-0.2, -0.15) is 0 Å². The average Bonchev–Trinajstić information content (AvgIpc) is 2.78. The molecule has 158 valence electrons. The van der Waals surface area contributed by atoms with Crippen LogP contribution in [0.15, 0.2) is 96.1 Å². The minimum absolute atomic E-state index is 0.636. The van der Waals surface area contributed by atoms with Gasteiger partial charge < -0.3 is 9.64 Å². The summed E-state index contributed by atoms with van der Waals surface area (Å²) in [7, 11) is 0. The Morgan fingerprint density at radius 3 is 2.20 bits per heavy atom. The molecule has 2 nitrogen and oxygen atoms in total. The Hall–Kier alpha value is -2.55. The van der Waals surface area contributed by atoms with E-state index in [1.165, 1.54) is 0 Å². The minimum atomic E-state index is 0.636. The maximum atomic E-state index is 6.80. The Morgan fingerprint density at radius 2 is 1.60 bits per heavy atom. The van der Waals surface area contributed by atoms with Gasteiger partial charge in [-0.25, -0.2) is 0 Å². The summed E-state index contributed by atoms with van der Waals surface area (Å²) in [4.78, 5) is 2.34. The van der Waals surface area contributed by atoms with Crippen molar-refractivity contribution in [1.29, 1.82) is 0 Å². The van der Waals surface area contributed by atoms with E-state index in [1.54, 1.807) is 0 Å². The van der Waals surface area contributed by atoms with Crippen LogP contribution in [0.1, 0.15) is 31.9 Å². The molecule has 0 atom stereocenters. The molecule has 0 saturated heterocycles. The molecular formula is C27H32ClNO. The lowest BCUT2D eigenvalue weighted by Gasteiger charge is -2.18. The highest BCUT2D eigenvalue weighted by Gasteiger charge is 2.12. The summed E-state index contributed by atoms with van der Waals surface area (Å²) in [5, 5.41) is 0.636. The fourth-order valence-corrected chi connectivity index (χ4v) is 3.37. The molecular weight excluding hydrogens is 390 g/mol. The molecule has 0 aliphatic heterocycles. The second kappa shape index (κ2) is 12.9. The molecule has 2 aromatic carbocycles. The second-order valence-corrected chi connectivity index (χ2v) is 7.24. The Balaban J connectivity index is 2.27. The van der Waals surface area contributed by atoms with Gasteiger partial charge in [0.05, 0.1) is 5.03 Å². The first-order valence-corrected chi connectivity index (χ1v) is 10.9. The van der Waals surface area contributed by atoms with Gasteiger partial charge in [-0.1, -0.05) is 98.8 Å². The van der Waals surface area contributed by atoms with Gasteiger partial charge in [0.25, 0.3) is 0 Å². The van der Waals surface area contributed by atoms with E-state index in [0.717, 1.165) is 47.7 Å². The van der Waals surface area contributed by atoms with Crippen LogP contribution in [0.4, 0.5) is 0 Å². The molecule has 30 heavy (non-hydrogen) atoms. The van der Waals surface area contributed by atoms with Crippen LogP contribution in [0, 0.1) is 0 Å². The smallest absolute Gasteiger partial charge is 0.119 e. The van der Waals surface area contributed by atoms with Gasteiger partial charge in [0.1, 0.15) is 12.4 Å². The van der Waals surface area contributed by atoms with Crippen molar-refractivity contribution in [1.82, 2.24) is 4.90 Å². The number of hydrogen-bond acceptors (Lipinski definition) is 2. The van der Waals surface area contributed by atoms with Crippen molar-refractivity contribution in [2.45, 2.75) is 20.8 Å². The molecule has 0 heterocycles. The number of benzene rings is 2. The number of rotatable bonds is 11. The van der Waals surface area contributed by atoms with Crippen LogP contribution < -0.4 is 4.74 Å². The zero-order valence-corrected chi connectivity index (χ0v) is 19.0. The molecule has 0 aliphatic rings. The largest absolute Gasteiger partial charge is 0.492 e. The van der Waals surface area contributed by atoms with Crippen LogP contribution in [0.3, 0.4) is 0 Å². The van der Waals surface area contributed by atoms with Crippen LogP contribution in [-0.2, 0) is 0 Å². The van der Waals surface area contributed by atoms with Crippen LogP contribution in [0.25, 0.3) is 5.57 Å². The quantitative estimate of drug-likeness (QED) is 0.359. The highest BCUT2D eigenvalue weighted by molar-refractivity contribution is 6.36. The minimum Gasteiger partial charge on any atom is -0.492 e. The van der Waals surface area contributed by atoms with Crippen molar-refractivity contribution in [3.63, 3.8) is 0 Å². The highest BCUT2D eigenvalue weighted by Crippen LogP contribution is 2.33. The lowest BCUT2D eigenvalue weighted by molar-refractivity contribution is 0.223. The normalized spacial score (nSPS) is 12.6. The van der Waals surface area contributed by atoms with E-state index < -0.39 is 0 Å². The molecule has 0 N–H and O–H groups in total. The summed E-state index contributed by atoms with van der Waals surface area (Å²) >= 11 is 6.80. The van der Waals surface area contributed by atoms with Crippen molar-refractivity contribution in [2.24, 2.45) is 0 Å². The first kappa shape index (κ1) is 23.7. The van der Waals surface area contributed by atoms with Gasteiger partial charge >= 0.3 is 0 Å². The molecule has 0 aliphatic carbocycles. The zero-order valence-electron chi connectivity index (χ0n) is 18.3. The van der Waals surface area contributed by atoms with Crippen LogP contribution in [0.2, 0.25) is 0 Å². The summed E-state index contributed by atoms with van der Waals surface area (Å²) < 4.78 is 5.93. The molecule has 0 fully saturated rings. The standard InChI is InChI=1S/C27H32ClNO/c1-5-8-10-13-22(4)27(28)26(23-14-11-9-12-15-23)24-16-18-25(19-17-24)30-21-20-29(6-2)7-3/h5,8-19H,4,6-7,20-21H2,1-3H3/b8-5-,13-10-,27-26+. The maximum absolute atomic E-state index is 6.80. The lowest BCUT2D eigenvalue weighted by atomic mass is 9.95. The SMILES string of the molecule is C=C(/C=C\C=C/C)/C(Cl)=C(/c1ccccc1)c1ccc(OCCN(CC)CC)cc1. The van der Waals surface area contributed by atoms with Gasteiger partial charge in [-0.15, -0.1) is 0 Å². The Kier molecular flexibility index (Phi) is 10.2. The van der Waals surface area contributed by atoms with E-state index in [4.69, 9.17) is 16.3 Å². The third kappa shape index (κ3) is 7.05. The number of halogens is 1. The van der Waals surface area contributed by atoms with Crippen molar-refractivity contribution < 1.29 is 4.74 Å². The molecule has 0 bridgehead atoms. The molecule has 3 heteroatoms. The molecule has 0 aromatic heterocycles. The van der Waals surface area contributed by atoms with Gasteiger partial charge in [0.15, 0.2) is 0 Å². The van der Waals surface area contributed by atoms with Crippen molar-refractivity contribution >= 4 is 17.2 Å². The monoisotopic (exact) mass is 421 g/mol. The number of hydrogen-bond donors (Lipinski definition) is 0. The average molecular weight is 422 g/mol. The Morgan fingerprint density at radius 1 is 0.967 bits per heavy atom. The third-order valence-corrected chi connectivity index (χ3v) is 5.31. The first-order valence-electron chi connectivity index (χ1n) is 10.5. The van der Waals surface area contributed by atoms with E-state index >= 15 is 0 Å². The van der Waals surface area contributed by atoms with E-state index in [9.17, 15) is 0 Å². The number of nitrogens with zero attached hydrogens (tertiary/aromatic N) is 1. The molecule has 0 spiro atoms. The van der Waals surface area contributed by atoms with Gasteiger partial charge in [0.2, 0.25) is 0 Å². The van der Waals surface area contributed by atoms with E-state index in [1.807, 2.05) is 61.6 Å². The topological polar surface area (TPSA) is 12.5 Å². The molecule has 2 rings (SSSR count). The summed E-state index contributed by atoms with van der Waals surface area (Å²) in [6, 6.07) is 18.3. The predicted molar refractivity (Wildman–Crippen MR) is 131 cm³/mol. The van der Waals surface area contributed by atoms with Crippen LogP contribution >= 0.6 is 11.6 Å². The summed E-state index contributed by atoms with van der Waals surface area (Å²) in [5.41, 5.74) is 3.82. The summed E-state index contributed by atoms with van der Waals surface area (Å²) in [6.45, 7) is 14.1. The number of allylic oxidation sites excluding steroid dienone is 6. The Labute approximate surface area is 186 Å².